The first kappa shape index (κ1) is 22.6. The van der Waals surface area contributed by atoms with Gasteiger partial charge in [-0.15, -0.1) is 0 Å². The number of hydrogen-bond donors (Lipinski definition) is 1. The van der Waals surface area contributed by atoms with E-state index in [-0.39, 0.29) is 24.5 Å². The Hall–Kier alpha value is -3.61. The van der Waals surface area contributed by atoms with E-state index >= 15 is 0 Å². The Morgan fingerprint density at radius 3 is 2.30 bits per heavy atom. The van der Waals surface area contributed by atoms with Crippen molar-refractivity contribution in [3.63, 3.8) is 0 Å². The van der Waals surface area contributed by atoms with Crippen LogP contribution in [0.5, 0.6) is 0 Å². The van der Waals surface area contributed by atoms with Gasteiger partial charge in [0.2, 0.25) is 0 Å². The molecule has 0 heterocycles. The van der Waals surface area contributed by atoms with Crippen molar-refractivity contribution >= 4 is 17.4 Å². The molecule has 0 spiro atoms. The third-order valence-corrected chi connectivity index (χ3v) is 5.72. The first-order chi connectivity index (χ1) is 15.8. The van der Waals surface area contributed by atoms with Crippen molar-refractivity contribution in [1.29, 1.82) is 0 Å². The Morgan fingerprint density at radius 1 is 0.909 bits per heavy atom. The van der Waals surface area contributed by atoms with E-state index in [1.54, 1.807) is 0 Å². The van der Waals surface area contributed by atoms with Gasteiger partial charge in [0.05, 0.1) is 30.5 Å². The predicted molar refractivity (Wildman–Crippen MR) is 121 cm³/mol. The maximum Gasteiger partial charge on any atom is 0.416 e. The third-order valence-electron chi connectivity index (χ3n) is 5.72. The van der Waals surface area contributed by atoms with Crippen molar-refractivity contribution in [2.24, 2.45) is 5.10 Å². The van der Waals surface area contributed by atoms with Crippen LogP contribution in [0.4, 0.5) is 18.9 Å². The Morgan fingerprint density at radius 2 is 1.61 bits per heavy atom. The van der Waals surface area contributed by atoms with E-state index in [0.717, 1.165) is 30.5 Å². The number of esters is 1. The fourth-order valence-corrected chi connectivity index (χ4v) is 3.94. The number of methoxy groups -OCH3 is 1. The first-order valence-corrected chi connectivity index (χ1v) is 10.6. The number of carbonyl (C=O) groups excluding carboxylic acids is 1. The molecule has 0 aromatic heterocycles. The molecule has 0 amide bonds. The van der Waals surface area contributed by atoms with Crippen LogP contribution in [0.25, 0.3) is 0 Å². The van der Waals surface area contributed by atoms with Gasteiger partial charge in [-0.05, 0) is 64.9 Å². The molecule has 1 aliphatic rings. The number of hydrazone groups is 1. The molecular weight excluding hydrogens is 429 g/mol. The number of fused-ring (bicyclic) bond motifs is 2. The van der Waals surface area contributed by atoms with Crippen molar-refractivity contribution in [3.05, 3.63) is 100 Å². The molecule has 0 fully saturated rings. The molecule has 4 nitrogen and oxygen atoms in total. The topological polar surface area (TPSA) is 50.7 Å². The highest BCUT2D eigenvalue weighted by atomic mass is 19.4. The van der Waals surface area contributed by atoms with Gasteiger partial charge in [-0.25, -0.2) is 0 Å². The molecule has 0 saturated carbocycles. The van der Waals surface area contributed by atoms with Crippen LogP contribution in [-0.2, 0) is 28.5 Å². The second-order valence-corrected chi connectivity index (χ2v) is 7.93. The zero-order chi connectivity index (χ0) is 23.4. The lowest BCUT2D eigenvalue weighted by Gasteiger charge is -2.20. The standard InChI is InChI=1S/C26H23F3N2O2/c1-33-25(32)12-11-24(31-30-23-8-4-7-22(16-23)26(27,28)29)20-10-9-19-13-17-5-2-3-6-18(17)14-21(19)15-20/h2-10,15-16,30H,11-14H2,1H3/b31-24+. The summed E-state index contributed by atoms with van der Waals surface area (Å²) in [6.07, 6.45) is -2.40. The van der Waals surface area contributed by atoms with Crippen molar-refractivity contribution in [3.8, 4) is 0 Å². The van der Waals surface area contributed by atoms with E-state index in [2.05, 4.69) is 34.8 Å². The van der Waals surface area contributed by atoms with Gasteiger partial charge < -0.3 is 4.74 Å². The fraction of sp³-hybridized carbons (Fsp3) is 0.231. The summed E-state index contributed by atoms with van der Waals surface area (Å²) in [5, 5.41) is 4.38. The van der Waals surface area contributed by atoms with E-state index < -0.39 is 11.7 Å². The van der Waals surface area contributed by atoms with Crippen LogP contribution >= 0.6 is 0 Å². The second-order valence-electron chi connectivity index (χ2n) is 7.93. The number of nitrogens with zero attached hydrogens (tertiary/aromatic N) is 1. The molecule has 0 atom stereocenters. The molecule has 0 saturated heterocycles. The maximum absolute atomic E-state index is 13.0. The zero-order valence-corrected chi connectivity index (χ0v) is 18.1. The van der Waals surface area contributed by atoms with Crippen LogP contribution in [0, 0.1) is 0 Å². The molecule has 0 unspecified atom stereocenters. The number of ether oxygens (including phenoxy) is 1. The third kappa shape index (κ3) is 5.42. The van der Waals surface area contributed by atoms with Crippen molar-refractivity contribution in [2.75, 3.05) is 12.5 Å². The molecule has 3 aromatic rings. The minimum atomic E-state index is -4.44. The van der Waals surface area contributed by atoms with Gasteiger partial charge in [-0.3, -0.25) is 10.2 Å². The summed E-state index contributed by atoms with van der Waals surface area (Å²) in [5.74, 6) is -0.381. The minimum Gasteiger partial charge on any atom is -0.469 e. The summed E-state index contributed by atoms with van der Waals surface area (Å²) in [6, 6.07) is 19.2. The number of benzene rings is 3. The highest BCUT2D eigenvalue weighted by Crippen LogP contribution is 2.31. The number of halogens is 3. The average molecular weight is 452 g/mol. The molecule has 0 aliphatic heterocycles. The summed E-state index contributed by atoms with van der Waals surface area (Å²) in [5.41, 5.74) is 8.56. The van der Waals surface area contributed by atoms with E-state index in [4.69, 9.17) is 4.74 Å². The lowest BCUT2D eigenvalue weighted by atomic mass is 9.84. The lowest BCUT2D eigenvalue weighted by Crippen LogP contribution is -2.12. The van der Waals surface area contributed by atoms with E-state index in [1.165, 1.54) is 41.5 Å². The SMILES string of the molecule is COC(=O)CC/C(=N\Nc1cccc(C(F)(F)F)c1)c1ccc2c(c1)Cc1ccccc1C2. The van der Waals surface area contributed by atoms with Gasteiger partial charge in [0.1, 0.15) is 0 Å². The monoisotopic (exact) mass is 452 g/mol. The molecule has 170 valence electrons. The molecule has 0 bridgehead atoms. The van der Waals surface area contributed by atoms with Gasteiger partial charge in [0, 0.05) is 6.42 Å². The van der Waals surface area contributed by atoms with E-state index in [0.29, 0.717) is 5.71 Å². The molecule has 33 heavy (non-hydrogen) atoms. The minimum absolute atomic E-state index is 0.111. The van der Waals surface area contributed by atoms with Crippen LogP contribution in [0.3, 0.4) is 0 Å². The van der Waals surface area contributed by atoms with Crippen LogP contribution in [0.15, 0.2) is 71.8 Å². The highest BCUT2D eigenvalue weighted by molar-refractivity contribution is 6.02. The summed E-state index contributed by atoms with van der Waals surface area (Å²) >= 11 is 0. The number of rotatable bonds is 6. The van der Waals surface area contributed by atoms with Crippen molar-refractivity contribution in [1.82, 2.24) is 0 Å². The lowest BCUT2D eigenvalue weighted by molar-refractivity contribution is -0.140. The molecule has 4 rings (SSSR count). The number of hydrogen-bond acceptors (Lipinski definition) is 4. The van der Waals surface area contributed by atoms with Gasteiger partial charge in [0.25, 0.3) is 0 Å². The second kappa shape index (κ2) is 9.48. The number of carbonyl (C=O) groups is 1. The van der Waals surface area contributed by atoms with Crippen LogP contribution in [0.2, 0.25) is 0 Å². The predicted octanol–water partition coefficient (Wildman–Crippen LogP) is 5.97. The largest absolute Gasteiger partial charge is 0.469 e. The van der Waals surface area contributed by atoms with Crippen LogP contribution in [-0.4, -0.2) is 18.8 Å². The highest BCUT2D eigenvalue weighted by Gasteiger charge is 2.30. The summed E-state index contributed by atoms with van der Waals surface area (Å²) in [4.78, 5) is 11.7. The van der Waals surface area contributed by atoms with E-state index in [9.17, 15) is 18.0 Å². The molecule has 0 radical (unpaired) electrons. The molecule has 7 heteroatoms. The Labute approximate surface area is 190 Å². The van der Waals surface area contributed by atoms with Gasteiger partial charge >= 0.3 is 12.1 Å². The van der Waals surface area contributed by atoms with Crippen molar-refractivity contribution < 1.29 is 22.7 Å². The number of alkyl halides is 3. The van der Waals surface area contributed by atoms with E-state index in [1.807, 2.05) is 18.2 Å². The summed E-state index contributed by atoms with van der Waals surface area (Å²) < 4.78 is 43.8. The first-order valence-electron chi connectivity index (χ1n) is 10.6. The molecule has 3 aromatic carbocycles. The average Bonchev–Trinajstić information content (AvgIpc) is 2.82. The molecule has 1 N–H and O–H groups in total. The quantitative estimate of drug-likeness (QED) is 0.223. The van der Waals surface area contributed by atoms with Gasteiger partial charge in [0.15, 0.2) is 0 Å². The zero-order valence-electron chi connectivity index (χ0n) is 18.1. The van der Waals surface area contributed by atoms with Gasteiger partial charge in [-0.1, -0.05) is 42.5 Å². The Kier molecular flexibility index (Phi) is 6.49. The maximum atomic E-state index is 13.0. The molecule has 1 aliphatic carbocycles. The van der Waals surface area contributed by atoms with Crippen LogP contribution < -0.4 is 5.43 Å². The number of anilines is 1. The van der Waals surface area contributed by atoms with Crippen molar-refractivity contribution in [2.45, 2.75) is 31.9 Å². The summed E-state index contributed by atoms with van der Waals surface area (Å²) in [6.45, 7) is 0. The molecular formula is C26H23F3N2O2. The van der Waals surface area contributed by atoms with Gasteiger partial charge in [-0.2, -0.15) is 18.3 Å². The Bertz CT molecular complexity index is 1200. The number of nitrogens with one attached hydrogen (secondary N) is 1. The smallest absolute Gasteiger partial charge is 0.416 e. The fourth-order valence-electron chi connectivity index (χ4n) is 3.94. The summed E-state index contributed by atoms with van der Waals surface area (Å²) in [7, 11) is 1.32. The Balaban J connectivity index is 1.62. The normalized spacial score (nSPS) is 13.2. The van der Waals surface area contributed by atoms with Crippen LogP contribution in [0.1, 0.15) is 46.2 Å².